The fourth-order valence-corrected chi connectivity index (χ4v) is 4.70. The molecule has 156 valence electrons. The number of likely N-dealkylation sites (tertiary alicyclic amines) is 2. The van der Waals surface area contributed by atoms with Gasteiger partial charge in [-0.1, -0.05) is 23.7 Å². The Hall–Kier alpha value is -2.28. The minimum absolute atomic E-state index is 0.00169. The molecule has 0 radical (unpaired) electrons. The molecule has 0 bridgehead atoms. The van der Waals surface area contributed by atoms with E-state index in [1.807, 2.05) is 34.1 Å². The summed E-state index contributed by atoms with van der Waals surface area (Å²) in [5, 5.41) is 12.1. The van der Waals surface area contributed by atoms with Crippen molar-refractivity contribution in [3.63, 3.8) is 0 Å². The van der Waals surface area contributed by atoms with Crippen LogP contribution in [0.15, 0.2) is 24.3 Å². The highest BCUT2D eigenvalue weighted by atomic mass is 35.5. The van der Waals surface area contributed by atoms with Crippen LogP contribution < -0.4 is 5.32 Å². The Morgan fingerprint density at radius 3 is 2.31 bits per heavy atom. The molecule has 3 amide bonds. The molecule has 2 heterocycles. The van der Waals surface area contributed by atoms with Crippen molar-refractivity contribution < 1.29 is 19.5 Å². The molecule has 1 aliphatic carbocycles. The highest BCUT2D eigenvalue weighted by Crippen LogP contribution is 2.36. The highest BCUT2D eigenvalue weighted by molar-refractivity contribution is 6.30. The molecule has 0 spiro atoms. The second-order valence-electron chi connectivity index (χ2n) is 8.39. The van der Waals surface area contributed by atoms with E-state index in [2.05, 4.69) is 5.32 Å². The van der Waals surface area contributed by atoms with Crippen molar-refractivity contribution in [2.45, 2.75) is 25.2 Å². The van der Waals surface area contributed by atoms with E-state index in [0.29, 0.717) is 44.2 Å². The number of benzene rings is 1. The second kappa shape index (κ2) is 8.22. The predicted molar refractivity (Wildman–Crippen MR) is 108 cm³/mol. The van der Waals surface area contributed by atoms with Crippen molar-refractivity contribution in [2.24, 2.45) is 17.8 Å². The summed E-state index contributed by atoms with van der Waals surface area (Å²) in [6, 6.07) is 7.53. The monoisotopic (exact) mass is 419 g/mol. The van der Waals surface area contributed by atoms with Gasteiger partial charge in [-0.3, -0.25) is 9.59 Å². The maximum absolute atomic E-state index is 13.1. The zero-order valence-corrected chi connectivity index (χ0v) is 17.0. The number of hydrogen-bond acceptors (Lipinski definition) is 3. The first-order chi connectivity index (χ1) is 13.9. The lowest BCUT2D eigenvalue weighted by atomic mass is 9.89. The molecule has 2 saturated heterocycles. The summed E-state index contributed by atoms with van der Waals surface area (Å²) in [6.45, 7) is 2.53. The zero-order chi connectivity index (χ0) is 20.5. The van der Waals surface area contributed by atoms with Crippen molar-refractivity contribution in [3.8, 4) is 0 Å². The van der Waals surface area contributed by atoms with Crippen LogP contribution in [0.4, 0.5) is 4.79 Å². The third-order valence-corrected chi connectivity index (χ3v) is 6.59. The molecular weight excluding hydrogens is 394 g/mol. The molecule has 7 nitrogen and oxygen atoms in total. The summed E-state index contributed by atoms with van der Waals surface area (Å²) in [7, 11) is 0. The van der Waals surface area contributed by atoms with Gasteiger partial charge in [0.1, 0.15) is 0 Å². The molecule has 1 aromatic rings. The molecule has 8 heteroatoms. The van der Waals surface area contributed by atoms with E-state index >= 15 is 0 Å². The van der Waals surface area contributed by atoms with Gasteiger partial charge in [0.25, 0.3) is 0 Å². The number of rotatable bonds is 5. The summed E-state index contributed by atoms with van der Waals surface area (Å²) < 4.78 is 0. The van der Waals surface area contributed by atoms with Gasteiger partial charge in [-0.25, -0.2) is 4.79 Å². The number of halogens is 1. The van der Waals surface area contributed by atoms with Crippen LogP contribution in [0.1, 0.15) is 30.7 Å². The van der Waals surface area contributed by atoms with Crippen LogP contribution in [-0.4, -0.2) is 65.5 Å². The molecule has 3 atom stereocenters. The Bertz CT molecular complexity index is 796. The lowest BCUT2D eigenvalue weighted by Gasteiger charge is -2.21. The largest absolute Gasteiger partial charge is 0.465 e. The molecular formula is C21H26ClN3O4. The van der Waals surface area contributed by atoms with Crippen LogP contribution in [0.2, 0.25) is 5.02 Å². The van der Waals surface area contributed by atoms with Crippen molar-refractivity contribution in [2.75, 3.05) is 32.7 Å². The number of carbonyl (C=O) groups excluding carboxylic acids is 2. The normalized spacial score (nSPS) is 26.6. The standard InChI is InChI=1S/C21H26ClN3O4/c22-17-5-3-13(4-6-17)18-12-25(11-16(18)9-23-21(28)29)20(27)15-7-8-24(10-15)19(26)14-1-2-14/h3-6,14-16,18,23H,1-2,7-12H2,(H,28,29)/t15?,16-,18-/m0/s1. The number of carboxylic acid groups (broad SMARTS) is 1. The summed E-state index contributed by atoms with van der Waals surface area (Å²) >= 11 is 6.00. The van der Waals surface area contributed by atoms with E-state index < -0.39 is 6.09 Å². The van der Waals surface area contributed by atoms with E-state index in [4.69, 9.17) is 16.7 Å². The third kappa shape index (κ3) is 4.50. The van der Waals surface area contributed by atoms with Gasteiger partial charge in [0.05, 0.1) is 5.92 Å². The van der Waals surface area contributed by atoms with Crippen molar-refractivity contribution in [3.05, 3.63) is 34.9 Å². The molecule has 2 aliphatic heterocycles. The number of amides is 3. The van der Waals surface area contributed by atoms with Gasteiger partial charge in [-0.15, -0.1) is 0 Å². The Balaban J connectivity index is 1.43. The maximum atomic E-state index is 13.1. The van der Waals surface area contributed by atoms with Gasteiger partial charge in [0, 0.05) is 55.5 Å². The minimum atomic E-state index is -1.06. The Kier molecular flexibility index (Phi) is 5.67. The van der Waals surface area contributed by atoms with Crippen molar-refractivity contribution >= 4 is 29.5 Å². The summed E-state index contributed by atoms with van der Waals surface area (Å²) in [5.41, 5.74) is 1.05. The van der Waals surface area contributed by atoms with Gasteiger partial charge < -0.3 is 20.2 Å². The number of carbonyl (C=O) groups is 3. The minimum Gasteiger partial charge on any atom is -0.465 e. The van der Waals surface area contributed by atoms with Crippen LogP contribution in [0.25, 0.3) is 0 Å². The van der Waals surface area contributed by atoms with Crippen LogP contribution >= 0.6 is 11.6 Å². The van der Waals surface area contributed by atoms with Crippen molar-refractivity contribution in [1.82, 2.24) is 15.1 Å². The first kappa shape index (κ1) is 20.0. The number of nitrogens with one attached hydrogen (secondary N) is 1. The fraction of sp³-hybridized carbons (Fsp3) is 0.571. The SMILES string of the molecule is O=C(O)NC[C@H]1CN(C(=O)C2CCN(C(=O)C3CC3)C2)C[C@H]1c1ccc(Cl)cc1. The Labute approximate surface area is 175 Å². The molecule has 3 fully saturated rings. The predicted octanol–water partition coefficient (Wildman–Crippen LogP) is 2.41. The maximum Gasteiger partial charge on any atom is 0.404 e. The van der Waals surface area contributed by atoms with Crippen LogP contribution in [0, 0.1) is 17.8 Å². The third-order valence-electron chi connectivity index (χ3n) is 6.34. The van der Waals surface area contributed by atoms with E-state index in [1.165, 1.54) is 0 Å². The fourth-order valence-electron chi connectivity index (χ4n) is 4.57. The van der Waals surface area contributed by atoms with E-state index in [1.54, 1.807) is 0 Å². The highest BCUT2D eigenvalue weighted by Gasteiger charge is 2.42. The van der Waals surface area contributed by atoms with Crippen LogP contribution in [-0.2, 0) is 9.59 Å². The average Bonchev–Trinajstić information content (AvgIpc) is 3.28. The molecule has 4 rings (SSSR count). The molecule has 2 N–H and O–H groups in total. The van der Waals surface area contributed by atoms with E-state index in [-0.39, 0.29) is 35.5 Å². The molecule has 29 heavy (non-hydrogen) atoms. The lowest BCUT2D eigenvalue weighted by molar-refractivity contribution is -0.135. The summed E-state index contributed by atoms with van der Waals surface area (Å²) in [6.07, 6.45) is 1.59. The molecule has 3 aliphatic rings. The van der Waals surface area contributed by atoms with Gasteiger partial charge in [-0.05, 0) is 37.0 Å². The average molecular weight is 420 g/mol. The van der Waals surface area contributed by atoms with Gasteiger partial charge in [0.2, 0.25) is 11.8 Å². The summed E-state index contributed by atoms with van der Waals surface area (Å²) in [4.78, 5) is 40.1. The van der Waals surface area contributed by atoms with Crippen LogP contribution in [0.5, 0.6) is 0 Å². The number of nitrogens with zero attached hydrogens (tertiary/aromatic N) is 2. The first-order valence-corrected chi connectivity index (χ1v) is 10.6. The van der Waals surface area contributed by atoms with Gasteiger partial charge >= 0.3 is 6.09 Å². The first-order valence-electron chi connectivity index (χ1n) is 10.2. The lowest BCUT2D eigenvalue weighted by Crippen LogP contribution is -2.38. The molecule has 1 unspecified atom stereocenters. The zero-order valence-electron chi connectivity index (χ0n) is 16.2. The molecule has 0 aromatic heterocycles. The quantitative estimate of drug-likeness (QED) is 0.766. The van der Waals surface area contributed by atoms with Crippen molar-refractivity contribution in [1.29, 1.82) is 0 Å². The summed E-state index contributed by atoms with van der Waals surface area (Å²) in [5.74, 6) is 0.346. The van der Waals surface area contributed by atoms with Crippen LogP contribution in [0.3, 0.4) is 0 Å². The Morgan fingerprint density at radius 2 is 1.66 bits per heavy atom. The number of hydrogen-bond donors (Lipinski definition) is 2. The van der Waals surface area contributed by atoms with Gasteiger partial charge in [-0.2, -0.15) is 0 Å². The van der Waals surface area contributed by atoms with Gasteiger partial charge in [0.15, 0.2) is 0 Å². The second-order valence-corrected chi connectivity index (χ2v) is 8.83. The molecule has 1 aromatic carbocycles. The van der Waals surface area contributed by atoms with E-state index in [9.17, 15) is 14.4 Å². The molecule has 1 saturated carbocycles. The van der Waals surface area contributed by atoms with E-state index in [0.717, 1.165) is 18.4 Å². The Morgan fingerprint density at radius 1 is 0.966 bits per heavy atom. The topological polar surface area (TPSA) is 89.9 Å². The smallest absolute Gasteiger partial charge is 0.404 e.